The van der Waals surface area contributed by atoms with Crippen molar-refractivity contribution in [2.75, 3.05) is 25.0 Å². The molecule has 0 heterocycles. The fraction of sp³-hybridized carbons (Fsp3) is 0.400. The number of methoxy groups -OCH3 is 1. The van der Waals surface area contributed by atoms with E-state index in [1.54, 1.807) is 73.6 Å². The molecular weight excluding hydrogens is 733 g/mol. The second-order valence-electron chi connectivity index (χ2n) is 13.5. The van der Waals surface area contributed by atoms with Gasteiger partial charge in [-0.2, -0.15) is 8.42 Å². The first kappa shape index (κ1) is 42.3. The predicted molar refractivity (Wildman–Crippen MR) is 195 cm³/mol. The maximum absolute atomic E-state index is 13.5. The highest BCUT2D eigenvalue weighted by molar-refractivity contribution is 7.94. The number of hydroxylamine groups is 2. The summed E-state index contributed by atoms with van der Waals surface area (Å²) in [5, 5.41) is 10.8. The van der Waals surface area contributed by atoms with Crippen LogP contribution in [0.1, 0.15) is 59.1 Å². The van der Waals surface area contributed by atoms with Gasteiger partial charge in [-0.15, -0.1) is 5.06 Å². The van der Waals surface area contributed by atoms with Crippen molar-refractivity contribution in [2.24, 2.45) is 0 Å². The smallest absolute Gasteiger partial charge is 0.442 e. The molecule has 0 bridgehead atoms. The van der Waals surface area contributed by atoms with E-state index in [-0.39, 0.29) is 36.8 Å². The average molecular weight is 779 g/mol. The minimum atomic E-state index is -4.68. The van der Waals surface area contributed by atoms with E-state index in [1.165, 1.54) is 37.4 Å². The van der Waals surface area contributed by atoms with E-state index in [0.717, 1.165) is 12.1 Å². The quantitative estimate of drug-likeness (QED) is 0.0576. The first-order chi connectivity index (χ1) is 24.5. The van der Waals surface area contributed by atoms with E-state index >= 15 is 0 Å². The largest absolute Gasteiger partial charge is 0.497 e. The molecule has 3 rings (SSSR count). The third kappa shape index (κ3) is 13.1. The van der Waals surface area contributed by atoms with Gasteiger partial charge in [-0.05, 0) is 109 Å². The highest BCUT2D eigenvalue weighted by Gasteiger charge is 2.30. The van der Waals surface area contributed by atoms with E-state index < -0.39 is 59.3 Å². The highest BCUT2D eigenvalue weighted by atomic mass is 32.2. The van der Waals surface area contributed by atoms with Crippen LogP contribution in [0, 0.1) is 19.3 Å². The summed E-state index contributed by atoms with van der Waals surface area (Å²) >= 11 is 0. The second-order valence-corrected chi connectivity index (χ2v) is 16.7. The molecule has 0 radical (unpaired) electrons. The minimum Gasteiger partial charge on any atom is -0.497 e. The first-order valence-corrected chi connectivity index (χ1v) is 19.1. The van der Waals surface area contributed by atoms with E-state index in [4.69, 9.17) is 33.4 Å². The highest BCUT2D eigenvalue weighted by Crippen LogP contribution is 2.30. The average Bonchev–Trinajstić information content (AvgIpc) is 3.01. The van der Waals surface area contributed by atoms with Gasteiger partial charge in [-0.25, -0.2) is 18.0 Å². The molecule has 0 fully saturated rings. The van der Waals surface area contributed by atoms with Gasteiger partial charge in [0.05, 0.1) is 26.0 Å². The number of aryl methyl sites for hydroxylation is 2. The number of benzene rings is 3. The molecule has 0 aliphatic rings. The number of anilines is 1. The van der Waals surface area contributed by atoms with Gasteiger partial charge in [0, 0.05) is 12.5 Å². The Kier molecular flexibility index (Phi) is 13.7. The SMILES string of the molecule is COc1ccc(NS(=O)(=O)c2ccccc2S(=O)(=O)Oc2cc(C)cc(OCCCON(C(=N)NC(=O)OC(C)(C)C)C(=O)OC(C)(C)C)c2)c(C)c1. The number of carbonyl (C=O) groups excluding carboxylic acids is 2. The third-order valence-corrected chi connectivity index (χ3v) is 9.34. The molecule has 53 heavy (non-hydrogen) atoms. The lowest BCUT2D eigenvalue weighted by molar-refractivity contribution is -0.104. The van der Waals surface area contributed by atoms with Crippen LogP contribution in [0.3, 0.4) is 0 Å². The molecule has 0 atom stereocenters. The van der Waals surface area contributed by atoms with Gasteiger partial charge in [0.2, 0.25) is 5.96 Å². The van der Waals surface area contributed by atoms with Crippen LogP contribution in [0.4, 0.5) is 15.3 Å². The monoisotopic (exact) mass is 778 g/mol. The Morgan fingerprint density at radius 2 is 1.42 bits per heavy atom. The van der Waals surface area contributed by atoms with Crippen molar-refractivity contribution in [3.63, 3.8) is 0 Å². The zero-order chi connectivity index (χ0) is 39.8. The van der Waals surface area contributed by atoms with E-state index in [2.05, 4.69) is 10.0 Å². The Morgan fingerprint density at radius 3 is 2.02 bits per heavy atom. The van der Waals surface area contributed by atoms with Crippen LogP contribution in [0.5, 0.6) is 17.2 Å². The molecule has 3 aromatic carbocycles. The van der Waals surface area contributed by atoms with Crippen LogP contribution in [-0.4, -0.2) is 71.6 Å². The molecule has 0 spiro atoms. The molecule has 16 nitrogen and oxygen atoms in total. The number of amides is 2. The standard InChI is InChI=1S/C35H46N4O12S2/c1-23-19-26(47-17-12-18-48-39(33(41)50-35(6,7)8)31(36)37-32(40)49-34(3,4)5)22-27(20-23)51-53(44,45)30-14-11-10-13-29(30)52(42,43)38-28-16-15-25(46-9)21-24(28)2/h10-11,13-16,19-22,38H,12,17-18H2,1-9H3,(H2,36,37,40). The van der Waals surface area contributed by atoms with Gasteiger partial charge >= 0.3 is 22.3 Å². The Balaban J connectivity index is 1.70. The van der Waals surface area contributed by atoms with Crippen LogP contribution < -0.4 is 23.7 Å². The number of hydrogen-bond acceptors (Lipinski definition) is 13. The van der Waals surface area contributed by atoms with E-state index in [0.29, 0.717) is 21.9 Å². The fourth-order valence-electron chi connectivity index (χ4n) is 4.34. The summed E-state index contributed by atoms with van der Waals surface area (Å²) in [5.74, 6) is -0.138. The van der Waals surface area contributed by atoms with Gasteiger partial charge in [-0.3, -0.25) is 20.3 Å². The van der Waals surface area contributed by atoms with Crippen LogP contribution in [-0.2, 0) is 34.5 Å². The van der Waals surface area contributed by atoms with Crippen molar-refractivity contribution in [1.82, 2.24) is 10.4 Å². The van der Waals surface area contributed by atoms with Gasteiger partial charge in [0.25, 0.3) is 10.0 Å². The van der Waals surface area contributed by atoms with E-state index in [1.807, 2.05) is 0 Å². The van der Waals surface area contributed by atoms with Crippen molar-refractivity contribution in [3.8, 4) is 17.2 Å². The predicted octanol–water partition coefficient (Wildman–Crippen LogP) is 6.28. The Morgan fingerprint density at radius 1 is 0.792 bits per heavy atom. The van der Waals surface area contributed by atoms with Crippen molar-refractivity contribution >= 4 is 44.0 Å². The minimum absolute atomic E-state index is 0.00214. The van der Waals surface area contributed by atoms with Gasteiger partial charge < -0.3 is 23.1 Å². The summed E-state index contributed by atoms with van der Waals surface area (Å²) in [6.45, 7) is 13.0. The van der Waals surface area contributed by atoms with E-state index in [9.17, 15) is 26.4 Å². The number of nitrogens with one attached hydrogen (secondary N) is 3. The summed E-state index contributed by atoms with van der Waals surface area (Å²) in [6, 6.07) is 14.1. The number of ether oxygens (including phenoxy) is 4. The van der Waals surface area contributed by atoms with Crippen molar-refractivity contribution in [3.05, 3.63) is 71.8 Å². The second kappa shape index (κ2) is 17.2. The zero-order valence-corrected chi connectivity index (χ0v) is 32.7. The van der Waals surface area contributed by atoms with Gasteiger partial charge in [-0.1, -0.05) is 12.1 Å². The molecule has 0 unspecified atom stereocenters. The maximum Gasteiger partial charge on any atom is 0.442 e. The molecule has 0 saturated heterocycles. The third-order valence-electron chi connectivity index (χ3n) is 6.48. The van der Waals surface area contributed by atoms with Crippen LogP contribution in [0.25, 0.3) is 0 Å². The molecule has 0 aliphatic heterocycles. The van der Waals surface area contributed by atoms with Crippen molar-refractivity contribution in [1.29, 1.82) is 5.41 Å². The van der Waals surface area contributed by atoms with Crippen LogP contribution >= 0.6 is 0 Å². The normalized spacial score (nSPS) is 11.9. The number of carbonyl (C=O) groups is 2. The summed E-state index contributed by atoms with van der Waals surface area (Å²) in [6.07, 6.45) is -1.87. The summed E-state index contributed by atoms with van der Waals surface area (Å²) in [7, 11) is -7.60. The van der Waals surface area contributed by atoms with Gasteiger partial charge in [0.1, 0.15) is 38.2 Å². The molecular formula is C35H46N4O12S2. The lowest BCUT2D eigenvalue weighted by Crippen LogP contribution is -2.49. The molecule has 0 aromatic heterocycles. The molecule has 0 aliphatic carbocycles. The molecule has 2 amide bonds. The molecule has 290 valence electrons. The number of guanidine groups is 1. The molecule has 0 saturated carbocycles. The Labute approximate surface area is 310 Å². The van der Waals surface area contributed by atoms with Crippen LogP contribution in [0.2, 0.25) is 0 Å². The number of sulfonamides is 1. The summed E-state index contributed by atoms with van der Waals surface area (Å²) < 4.78 is 83.1. The van der Waals surface area contributed by atoms with Gasteiger partial charge in [0.15, 0.2) is 0 Å². The van der Waals surface area contributed by atoms with Crippen molar-refractivity contribution in [2.45, 2.75) is 82.8 Å². The first-order valence-electron chi connectivity index (χ1n) is 16.2. The van der Waals surface area contributed by atoms with Crippen LogP contribution in [0.15, 0.2) is 70.5 Å². The zero-order valence-electron chi connectivity index (χ0n) is 31.1. The molecule has 3 N–H and O–H groups in total. The summed E-state index contributed by atoms with van der Waals surface area (Å²) in [4.78, 5) is 29.3. The maximum atomic E-state index is 13.5. The lowest BCUT2D eigenvalue weighted by Gasteiger charge is -2.27. The number of rotatable bonds is 13. The lowest BCUT2D eigenvalue weighted by atomic mass is 10.2. The molecule has 3 aromatic rings. The number of nitrogens with zero attached hydrogens (tertiary/aromatic N) is 1. The van der Waals surface area contributed by atoms with Crippen molar-refractivity contribution < 1.29 is 54.4 Å². The Bertz CT molecular complexity index is 2020. The topological polar surface area (TPSA) is 209 Å². The summed E-state index contributed by atoms with van der Waals surface area (Å²) in [5.41, 5.74) is -0.434. The fourth-order valence-corrected chi connectivity index (χ4v) is 7.19. The Hall–Kier alpha value is -5.07. The number of hydrogen-bond donors (Lipinski definition) is 3. The molecule has 18 heteroatoms. The number of alkyl carbamates (subject to hydrolysis) is 1.